The normalized spacial score (nSPS) is 11.0. The van der Waals surface area contributed by atoms with E-state index >= 15 is 0 Å². The van der Waals surface area contributed by atoms with Crippen molar-refractivity contribution in [1.82, 2.24) is 0 Å². The van der Waals surface area contributed by atoms with Crippen LogP contribution in [0.5, 0.6) is 28.7 Å². The fourth-order valence-corrected chi connectivity index (χ4v) is 3.03. The number of ether oxygens (including phenoxy) is 2. The summed E-state index contributed by atoms with van der Waals surface area (Å²) in [6.45, 7) is 0. The molecule has 2 rings (SSSR count). The Morgan fingerprint density at radius 2 is 1.68 bits per heavy atom. The summed E-state index contributed by atoms with van der Waals surface area (Å²) >= 11 is 0. The number of hydrogen-bond acceptors (Lipinski definition) is 8. The number of aromatic carboxylic acids is 1. The van der Waals surface area contributed by atoms with Gasteiger partial charge in [0, 0.05) is 12.1 Å². The van der Waals surface area contributed by atoms with E-state index in [1.807, 2.05) is 0 Å². The average Bonchev–Trinajstić information content (AvgIpc) is 2.57. The van der Waals surface area contributed by atoms with Gasteiger partial charge in [-0.2, -0.15) is 8.42 Å². The van der Waals surface area contributed by atoms with Crippen LogP contribution in [0, 0.1) is 0 Å². The molecule has 0 saturated carbocycles. The Balaban J connectivity index is 2.55. The molecule has 0 amide bonds. The first-order valence-corrected chi connectivity index (χ1v) is 8.06. The summed E-state index contributed by atoms with van der Waals surface area (Å²) < 4.78 is 39.7. The first-order valence-electron chi connectivity index (χ1n) is 6.65. The van der Waals surface area contributed by atoms with Crippen LogP contribution in [0.4, 0.5) is 0 Å². The van der Waals surface area contributed by atoms with Gasteiger partial charge in [0.25, 0.3) is 0 Å². The van der Waals surface area contributed by atoms with Crippen molar-refractivity contribution in [2.75, 3.05) is 14.2 Å². The third-order valence-corrected chi connectivity index (χ3v) is 4.40. The summed E-state index contributed by atoms with van der Waals surface area (Å²) in [6, 6.07) is 5.45. The average molecular weight is 370 g/mol. The van der Waals surface area contributed by atoms with Gasteiger partial charge in [0.05, 0.1) is 19.8 Å². The van der Waals surface area contributed by atoms with Crippen LogP contribution in [0.25, 0.3) is 0 Å². The van der Waals surface area contributed by atoms with Crippen LogP contribution < -0.4 is 13.7 Å². The largest absolute Gasteiger partial charge is 0.504 e. The zero-order valence-electron chi connectivity index (χ0n) is 13.1. The first-order chi connectivity index (χ1) is 11.7. The van der Waals surface area contributed by atoms with Crippen LogP contribution in [0.15, 0.2) is 35.2 Å². The maximum absolute atomic E-state index is 12.5. The Hall–Kier alpha value is -3.14. The number of rotatable bonds is 6. The minimum absolute atomic E-state index is 0.0566. The molecule has 0 radical (unpaired) electrons. The second-order valence-corrected chi connectivity index (χ2v) is 6.22. The molecule has 0 atom stereocenters. The molecule has 10 heteroatoms. The highest BCUT2D eigenvalue weighted by molar-refractivity contribution is 7.87. The van der Waals surface area contributed by atoms with Gasteiger partial charge in [-0.1, -0.05) is 0 Å². The minimum Gasteiger partial charge on any atom is -0.504 e. The molecule has 0 aliphatic rings. The molecule has 0 saturated heterocycles. The molecule has 0 aliphatic heterocycles. The second-order valence-electron chi connectivity index (χ2n) is 4.70. The predicted octanol–water partition coefficient (Wildman–Crippen LogP) is 1.58. The quantitative estimate of drug-likeness (QED) is 0.510. The second kappa shape index (κ2) is 6.77. The highest BCUT2D eigenvalue weighted by Gasteiger charge is 2.26. The first kappa shape index (κ1) is 18.2. The van der Waals surface area contributed by atoms with Crippen LogP contribution in [-0.2, 0) is 10.1 Å². The van der Waals surface area contributed by atoms with Crippen LogP contribution in [0.3, 0.4) is 0 Å². The number of methoxy groups -OCH3 is 2. The number of hydrogen-bond donors (Lipinski definition) is 3. The molecule has 0 aromatic heterocycles. The number of phenols is 2. The van der Waals surface area contributed by atoms with Gasteiger partial charge in [0.1, 0.15) is 11.5 Å². The summed E-state index contributed by atoms with van der Waals surface area (Å²) in [5.41, 5.74) is -0.474. The molecule has 0 bridgehead atoms. The van der Waals surface area contributed by atoms with Crippen molar-refractivity contribution in [3.05, 3.63) is 35.9 Å². The van der Waals surface area contributed by atoms with Crippen LogP contribution >= 0.6 is 0 Å². The lowest BCUT2D eigenvalue weighted by atomic mass is 10.2. The smallest absolute Gasteiger partial charge is 0.343 e. The number of aromatic hydroxyl groups is 2. The molecular formula is C15H14O9S. The lowest BCUT2D eigenvalue weighted by Crippen LogP contribution is -2.12. The van der Waals surface area contributed by atoms with Crippen LogP contribution in [0.1, 0.15) is 10.4 Å². The topological polar surface area (TPSA) is 140 Å². The van der Waals surface area contributed by atoms with Gasteiger partial charge in [-0.3, -0.25) is 0 Å². The third kappa shape index (κ3) is 3.69. The Bertz CT molecular complexity index is 919. The van der Waals surface area contributed by atoms with Gasteiger partial charge in [-0.15, -0.1) is 0 Å². The maximum atomic E-state index is 12.5. The lowest BCUT2D eigenvalue weighted by molar-refractivity contribution is 0.0696. The van der Waals surface area contributed by atoms with Gasteiger partial charge in [-0.05, 0) is 18.2 Å². The number of carboxylic acid groups (broad SMARTS) is 1. The summed E-state index contributed by atoms with van der Waals surface area (Å²) in [7, 11) is -1.96. The zero-order valence-corrected chi connectivity index (χ0v) is 13.9. The van der Waals surface area contributed by atoms with Crippen LogP contribution in [0.2, 0.25) is 0 Å². The van der Waals surface area contributed by atoms with Crippen molar-refractivity contribution in [2.24, 2.45) is 0 Å². The summed E-state index contributed by atoms with van der Waals surface area (Å²) in [5.74, 6) is -3.81. The summed E-state index contributed by atoms with van der Waals surface area (Å²) in [5, 5.41) is 28.3. The van der Waals surface area contributed by atoms with Crippen molar-refractivity contribution < 1.29 is 42.2 Å². The molecule has 0 spiro atoms. The Kier molecular flexibility index (Phi) is 4.93. The lowest BCUT2D eigenvalue weighted by Gasteiger charge is -2.13. The molecule has 0 fully saturated rings. The fraction of sp³-hybridized carbons (Fsp3) is 0.133. The molecule has 2 aromatic carbocycles. The molecular weight excluding hydrogens is 356 g/mol. The van der Waals surface area contributed by atoms with E-state index in [0.29, 0.717) is 0 Å². The molecule has 9 nitrogen and oxygen atoms in total. The monoisotopic (exact) mass is 370 g/mol. The molecule has 2 aromatic rings. The van der Waals surface area contributed by atoms with E-state index in [1.165, 1.54) is 26.4 Å². The Labute approximate surface area is 142 Å². The number of carbonyl (C=O) groups is 1. The number of phenolic OH excluding ortho intramolecular Hbond substituents is 2. The van der Waals surface area contributed by atoms with Gasteiger partial charge in [-0.25, -0.2) is 4.79 Å². The molecule has 0 unspecified atom stereocenters. The maximum Gasteiger partial charge on any atom is 0.343 e. The SMILES string of the molecule is COc1ccc(OC)c(S(=O)(=O)Oc2cc(C(=O)O)cc(O)c2O)c1. The number of benzene rings is 2. The Morgan fingerprint density at radius 1 is 1.00 bits per heavy atom. The van der Waals surface area contributed by atoms with Crippen molar-refractivity contribution in [3.63, 3.8) is 0 Å². The highest BCUT2D eigenvalue weighted by Crippen LogP contribution is 2.39. The molecule has 0 aliphatic carbocycles. The Morgan fingerprint density at radius 3 is 2.24 bits per heavy atom. The van der Waals surface area contributed by atoms with E-state index < -0.39 is 43.8 Å². The van der Waals surface area contributed by atoms with Gasteiger partial charge >= 0.3 is 16.1 Å². The summed E-state index contributed by atoms with van der Waals surface area (Å²) in [4.78, 5) is 10.6. The van der Waals surface area contributed by atoms with Crippen molar-refractivity contribution >= 4 is 16.1 Å². The van der Waals surface area contributed by atoms with E-state index in [4.69, 9.17) is 18.8 Å². The van der Waals surface area contributed by atoms with E-state index in [9.17, 15) is 23.4 Å². The van der Waals surface area contributed by atoms with Gasteiger partial charge < -0.3 is 29.0 Å². The number of carboxylic acids is 1. The van der Waals surface area contributed by atoms with E-state index in [2.05, 4.69) is 0 Å². The molecule has 134 valence electrons. The van der Waals surface area contributed by atoms with Crippen LogP contribution in [-0.4, -0.2) is 43.9 Å². The zero-order chi connectivity index (χ0) is 18.8. The van der Waals surface area contributed by atoms with E-state index in [0.717, 1.165) is 18.2 Å². The standard InChI is InChI=1S/C15H14O9S/c1-22-9-3-4-11(23-2)13(7-9)25(20,21)24-12-6-8(15(18)19)5-10(16)14(12)17/h3-7,16-17H,1-2H3,(H,18,19). The summed E-state index contributed by atoms with van der Waals surface area (Å²) in [6.07, 6.45) is 0. The van der Waals surface area contributed by atoms with E-state index in [1.54, 1.807) is 0 Å². The molecule has 25 heavy (non-hydrogen) atoms. The van der Waals surface area contributed by atoms with Crippen molar-refractivity contribution in [1.29, 1.82) is 0 Å². The van der Waals surface area contributed by atoms with Crippen molar-refractivity contribution in [2.45, 2.75) is 4.90 Å². The van der Waals surface area contributed by atoms with Crippen molar-refractivity contribution in [3.8, 4) is 28.7 Å². The van der Waals surface area contributed by atoms with E-state index in [-0.39, 0.29) is 11.5 Å². The predicted molar refractivity (Wildman–Crippen MR) is 84.1 cm³/mol. The fourth-order valence-electron chi connectivity index (χ4n) is 1.92. The third-order valence-electron chi connectivity index (χ3n) is 3.14. The minimum atomic E-state index is -4.54. The molecule has 3 N–H and O–H groups in total. The highest BCUT2D eigenvalue weighted by atomic mass is 32.2. The molecule has 0 heterocycles. The van der Waals surface area contributed by atoms with Gasteiger partial charge in [0.15, 0.2) is 16.4 Å². The van der Waals surface area contributed by atoms with Gasteiger partial charge in [0.2, 0.25) is 5.75 Å².